The number of rotatable bonds is 5. The van der Waals surface area contributed by atoms with E-state index in [0.717, 1.165) is 6.54 Å². The van der Waals surface area contributed by atoms with Crippen LogP contribution >= 0.6 is 0 Å². The van der Waals surface area contributed by atoms with Crippen molar-refractivity contribution in [3.63, 3.8) is 0 Å². The summed E-state index contributed by atoms with van der Waals surface area (Å²) in [5, 5.41) is 19.4. The molecule has 6 nitrogen and oxygen atoms in total. The first-order chi connectivity index (χ1) is 7.75. The van der Waals surface area contributed by atoms with Crippen LogP contribution in [0.5, 0.6) is 0 Å². The van der Waals surface area contributed by atoms with Crippen LogP contribution in [0.15, 0.2) is 6.20 Å². The number of nitrogens with one attached hydrogen (secondary N) is 1. The minimum absolute atomic E-state index is 0.000802. The Bertz CT molecular complexity index is 357. The highest BCUT2D eigenvalue weighted by molar-refractivity contribution is 5.84. The van der Waals surface area contributed by atoms with E-state index >= 15 is 0 Å². The molecule has 2 N–H and O–H groups in total. The lowest BCUT2D eigenvalue weighted by Gasteiger charge is -2.10. The molecule has 1 aliphatic rings. The van der Waals surface area contributed by atoms with Crippen LogP contribution in [0.3, 0.4) is 0 Å². The maximum atomic E-state index is 10.6. The Hall–Kier alpha value is -1.43. The zero-order valence-corrected chi connectivity index (χ0v) is 9.09. The second-order valence-corrected chi connectivity index (χ2v) is 4.11. The van der Waals surface area contributed by atoms with Crippen molar-refractivity contribution >= 4 is 5.97 Å². The molecule has 1 aromatic heterocycles. The Labute approximate surface area is 93.6 Å². The molecule has 0 bridgehead atoms. The van der Waals surface area contributed by atoms with E-state index in [4.69, 9.17) is 5.11 Å². The highest BCUT2D eigenvalue weighted by Crippen LogP contribution is 2.17. The molecule has 1 heterocycles. The fourth-order valence-electron chi connectivity index (χ4n) is 2.02. The van der Waals surface area contributed by atoms with Crippen molar-refractivity contribution in [3.05, 3.63) is 11.9 Å². The van der Waals surface area contributed by atoms with Gasteiger partial charge in [-0.2, -0.15) is 0 Å². The number of carboxylic acids is 1. The lowest BCUT2D eigenvalue weighted by molar-refractivity contribution is 0.0690. The molecule has 0 saturated heterocycles. The number of aromatic carboxylic acids is 1. The summed E-state index contributed by atoms with van der Waals surface area (Å²) < 4.78 is 1.56. The summed E-state index contributed by atoms with van der Waals surface area (Å²) >= 11 is 0. The van der Waals surface area contributed by atoms with Crippen LogP contribution < -0.4 is 5.32 Å². The average molecular weight is 224 g/mol. The molecule has 0 aliphatic heterocycles. The lowest BCUT2D eigenvalue weighted by atomic mass is 10.2. The van der Waals surface area contributed by atoms with Crippen LogP contribution in [-0.2, 0) is 6.54 Å². The van der Waals surface area contributed by atoms with Crippen molar-refractivity contribution in [2.45, 2.75) is 38.3 Å². The van der Waals surface area contributed by atoms with Gasteiger partial charge in [-0.25, -0.2) is 4.79 Å². The molecule has 0 atom stereocenters. The van der Waals surface area contributed by atoms with E-state index in [9.17, 15) is 4.79 Å². The summed E-state index contributed by atoms with van der Waals surface area (Å²) in [6.45, 7) is 1.48. The van der Waals surface area contributed by atoms with Crippen molar-refractivity contribution in [2.24, 2.45) is 0 Å². The van der Waals surface area contributed by atoms with Gasteiger partial charge in [0.1, 0.15) is 0 Å². The minimum atomic E-state index is -1.03. The fraction of sp³-hybridized carbons (Fsp3) is 0.700. The topological polar surface area (TPSA) is 80.0 Å². The van der Waals surface area contributed by atoms with Gasteiger partial charge >= 0.3 is 5.97 Å². The molecule has 1 aliphatic carbocycles. The Morgan fingerprint density at radius 2 is 2.31 bits per heavy atom. The molecule has 16 heavy (non-hydrogen) atoms. The Kier molecular flexibility index (Phi) is 3.51. The summed E-state index contributed by atoms with van der Waals surface area (Å²) in [4.78, 5) is 10.6. The highest BCUT2D eigenvalue weighted by Gasteiger charge is 2.13. The summed E-state index contributed by atoms with van der Waals surface area (Å²) in [5.74, 6) is -1.03. The summed E-state index contributed by atoms with van der Waals surface area (Å²) in [6.07, 6.45) is 6.57. The van der Waals surface area contributed by atoms with Crippen molar-refractivity contribution in [1.29, 1.82) is 0 Å². The van der Waals surface area contributed by atoms with Gasteiger partial charge in [0, 0.05) is 12.6 Å². The quantitative estimate of drug-likeness (QED) is 0.761. The zero-order chi connectivity index (χ0) is 11.4. The molecular weight excluding hydrogens is 208 g/mol. The van der Waals surface area contributed by atoms with E-state index < -0.39 is 5.97 Å². The molecule has 88 valence electrons. The molecule has 1 aromatic rings. The fourth-order valence-corrected chi connectivity index (χ4v) is 2.02. The maximum Gasteiger partial charge on any atom is 0.358 e. The summed E-state index contributed by atoms with van der Waals surface area (Å²) in [7, 11) is 0. The first-order valence-electron chi connectivity index (χ1n) is 5.62. The second-order valence-electron chi connectivity index (χ2n) is 4.11. The highest BCUT2D eigenvalue weighted by atomic mass is 16.4. The standard InChI is InChI=1S/C10H16N4O2/c15-10(16)9-7-14(13-12-9)6-5-11-8-3-1-2-4-8/h7-8,11H,1-6H2,(H,15,16). The van der Waals surface area contributed by atoms with Gasteiger partial charge in [0.05, 0.1) is 12.7 Å². The van der Waals surface area contributed by atoms with Crippen LogP contribution in [0.1, 0.15) is 36.2 Å². The van der Waals surface area contributed by atoms with Gasteiger partial charge in [0.2, 0.25) is 0 Å². The predicted molar refractivity (Wildman–Crippen MR) is 57.2 cm³/mol. The van der Waals surface area contributed by atoms with Crippen molar-refractivity contribution in [1.82, 2.24) is 20.3 Å². The van der Waals surface area contributed by atoms with E-state index in [2.05, 4.69) is 15.6 Å². The van der Waals surface area contributed by atoms with Crippen LogP contribution in [0.25, 0.3) is 0 Å². The predicted octanol–water partition coefficient (Wildman–Crippen LogP) is 0.508. The van der Waals surface area contributed by atoms with Crippen LogP contribution in [-0.4, -0.2) is 38.7 Å². The van der Waals surface area contributed by atoms with E-state index in [0.29, 0.717) is 12.6 Å². The lowest BCUT2D eigenvalue weighted by Crippen LogP contribution is -2.29. The molecule has 1 saturated carbocycles. The summed E-state index contributed by atoms with van der Waals surface area (Å²) in [5.41, 5.74) is 0.000802. The minimum Gasteiger partial charge on any atom is -0.476 e. The van der Waals surface area contributed by atoms with Crippen molar-refractivity contribution in [3.8, 4) is 0 Å². The first-order valence-corrected chi connectivity index (χ1v) is 5.62. The molecule has 0 amide bonds. The molecule has 2 rings (SSSR count). The Morgan fingerprint density at radius 3 is 2.94 bits per heavy atom. The number of nitrogens with zero attached hydrogens (tertiary/aromatic N) is 3. The normalized spacial score (nSPS) is 16.8. The molecule has 1 fully saturated rings. The molecule has 0 radical (unpaired) electrons. The van der Waals surface area contributed by atoms with Gasteiger partial charge in [-0.05, 0) is 12.8 Å². The van der Waals surface area contributed by atoms with E-state index in [1.54, 1.807) is 4.68 Å². The zero-order valence-electron chi connectivity index (χ0n) is 9.09. The number of carbonyl (C=O) groups is 1. The largest absolute Gasteiger partial charge is 0.476 e. The second kappa shape index (κ2) is 5.07. The van der Waals surface area contributed by atoms with Crippen molar-refractivity contribution in [2.75, 3.05) is 6.54 Å². The SMILES string of the molecule is O=C(O)c1cn(CCNC2CCCC2)nn1. The van der Waals surface area contributed by atoms with Gasteiger partial charge in [-0.15, -0.1) is 5.10 Å². The van der Waals surface area contributed by atoms with Crippen LogP contribution in [0, 0.1) is 0 Å². The van der Waals surface area contributed by atoms with E-state index in [1.807, 2.05) is 0 Å². The third-order valence-corrected chi connectivity index (χ3v) is 2.89. The number of hydrogen-bond donors (Lipinski definition) is 2. The number of hydrogen-bond acceptors (Lipinski definition) is 4. The maximum absolute atomic E-state index is 10.6. The molecule has 6 heteroatoms. The molecule has 0 spiro atoms. The number of aromatic nitrogens is 3. The van der Waals surface area contributed by atoms with E-state index in [1.165, 1.54) is 31.9 Å². The smallest absolute Gasteiger partial charge is 0.358 e. The number of carboxylic acid groups (broad SMARTS) is 1. The Morgan fingerprint density at radius 1 is 1.56 bits per heavy atom. The van der Waals surface area contributed by atoms with Gasteiger partial charge in [-0.3, -0.25) is 4.68 Å². The van der Waals surface area contributed by atoms with Gasteiger partial charge in [0.15, 0.2) is 5.69 Å². The molecule has 0 unspecified atom stereocenters. The van der Waals surface area contributed by atoms with Crippen LogP contribution in [0.2, 0.25) is 0 Å². The van der Waals surface area contributed by atoms with E-state index in [-0.39, 0.29) is 5.69 Å². The average Bonchev–Trinajstić information content (AvgIpc) is 2.87. The molecular formula is C10H16N4O2. The molecule has 0 aromatic carbocycles. The third-order valence-electron chi connectivity index (χ3n) is 2.89. The van der Waals surface area contributed by atoms with Gasteiger partial charge in [0.25, 0.3) is 0 Å². The van der Waals surface area contributed by atoms with Gasteiger partial charge in [-0.1, -0.05) is 18.1 Å². The van der Waals surface area contributed by atoms with Gasteiger partial charge < -0.3 is 10.4 Å². The van der Waals surface area contributed by atoms with Crippen molar-refractivity contribution < 1.29 is 9.90 Å². The third kappa shape index (κ3) is 2.79. The van der Waals surface area contributed by atoms with Crippen LogP contribution in [0.4, 0.5) is 0 Å². The summed E-state index contributed by atoms with van der Waals surface area (Å²) in [6, 6.07) is 0.627. The first kappa shape index (κ1) is 11.1. The monoisotopic (exact) mass is 224 g/mol. The Balaban J connectivity index is 1.74.